The average molecular weight is 221 g/mol. The highest BCUT2D eigenvalue weighted by Crippen LogP contribution is 2.19. The van der Waals surface area contributed by atoms with Gasteiger partial charge in [0.05, 0.1) is 6.54 Å². The van der Waals surface area contributed by atoms with E-state index in [1.165, 1.54) is 0 Å². The lowest BCUT2D eigenvalue weighted by atomic mass is 10.2. The summed E-state index contributed by atoms with van der Waals surface area (Å²) in [5, 5.41) is 0. The van der Waals surface area contributed by atoms with Crippen LogP contribution in [0.1, 0.15) is 18.9 Å². The molecule has 0 atom stereocenters. The molecule has 0 unspecified atom stereocenters. The summed E-state index contributed by atoms with van der Waals surface area (Å²) in [5.74, 6) is 2.43. The van der Waals surface area contributed by atoms with Crippen LogP contribution in [0.4, 0.5) is 10.2 Å². The van der Waals surface area contributed by atoms with E-state index in [1.807, 2.05) is 6.92 Å². The van der Waals surface area contributed by atoms with Crippen LogP contribution in [0.5, 0.6) is 0 Å². The molecule has 0 aliphatic heterocycles. The van der Waals surface area contributed by atoms with Crippen molar-refractivity contribution in [2.45, 2.75) is 19.9 Å². The van der Waals surface area contributed by atoms with Crippen molar-refractivity contribution in [2.24, 2.45) is 5.73 Å². The first-order valence-corrected chi connectivity index (χ1v) is 5.26. The predicted octanol–water partition coefficient (Wildman–Crippen LogP) is 1.53. The van der Waals surface area contributed by atoms with Gasteiger partial charge < -0.3 is 10.6 Å². The van der Waals surface area contributed by atoms with Gasteiger partial charge in [-0.05, 0) is 12.5 Å². The molecule has 2 N–H and O–H groups in total. The number of nitrogens with two attached hydrogens (primary N) is 1. The highest BCUT2D eigenvalue weighted by molar-refractivity contribution is 5.44. The Labute approximate surface area is 95.5 Å². The van der Waals surface area contributed by atoms with E-state index in [0.717, 1.165) is 6.42 Å². The normalized spacial score (nSPS) is 9.88. The largest absolute Gasteiger partial charge is 0.343 e. The zero-order valence-electron chi connectivity index (χ0n) is 9.41. The van der Waals surface area contributed by atoms with Crippen LogP contribution in [0.25, 0.3) is 0 Å². The van der Waals surface area contributed by atoms with Crippen molar-refractivity contribution in [3.8, 4) is 12.3 Å². The number of terminal acetylenes is 1. The van der Waals surface area contributed by atoms with E-state index in [4.69, 9.17) is 12.2 Å². The molecule has 1 heterocycles. The van der Waals surface area contributed by atoms with Crippen molar-refractivity contribution in [1.82, 2.24) is 4.98 Å². The minimum atomic E-state index is -0.367. The SMILES string of the molecule is C#CCN(CCC)c1nccc(CN)c1F. The van der Waals surface area contributed by atoms with Crippen LogP contribution < -0.4 is 10.6 Å². The van der Waals surface area contributed by atoms with Gasteiger partial charge in [-0.3, -0.25) is 0 Å². The molecule has 16 heavy (non-hydrogen) atoms. The fourth-order valence-corrected chi connectivity index (χ4v) is 1.49. The summed E-state index contributed by atoms with van der Waals surface area (Å²) >= 11 is 0. The van der Waals surface area contributed by atoms with Crippen molar-refractivity contribution in [3.05, 3.63) is 23.6 Å². The van der Waals surface area contributed by atoms with E-state index < -0.39 is 0 Å². The second-order valence-electron chi connectivity index (χ2n) is 3.44. The van der Waals surface area contributed by atoms with Gasteiger partial charge in [-0.15, -0.1) is 6.42 Å². The van der Waals surface area contributed by atoms with Gasteiger partial charge in [-0.2, -0.15) is 0 Å². The van der Waals surface area contributed by atoms with Crippen molar-refractivity contribution in [3.63, 3.8) is 0 Å². The van der Waals surface area contributed by atoms with E-state index in [-0.39, 0.29) is 12.4 Å². The third-order valence-corrected chi connectivity index (χ3v) is 2.25. The Hall–Kier alpha value is -1.60. The second-order valence-corrected chi connectivity index (χ2v) is 3.44. The number of halogens is 1. The molecule has 0 aliphatic carbocycles. The molecular formula is C12H16FN3. The molecule has 0 radical (unpaired) electrons. The lowest BCUT2D eigenvalue weighted by Crippen LogP contribution is -2.27. The summed E-state index contributed by atoms with van der Waals surface area (Å²) in [5.41, 5.74) is 5.90. The maximum absolute atomic E-state index is 13.9. The van der Waals surface area contributed by atoms with E-state index in [9.17, 15) is 4.39 Å². The highest BCUT2D eigenvalue weighted by atomic mass is 19.1. The first kappa shape index (κ1) is 12.5. The Balaban J connectivity index is 3.04. The number of pyridine rings is 1. The number of rotatable bonds is 5. The molecule has 4 heteroatoms. The highest BCUT2D eigenvalue weighted by Gasteiger charge is 2.14. The van der Waals surface area contributed by atoms with Crippen LogP contribution >= 0.6 is 0 Å². The van der Waals surface area contributed by atoms with E-state index >= 15 is 0 Å². The number of hydrogen-bond acceptors (Lipinski definition) is 3. The molecule has 3 nitrogen and oxygen atoms in total. The van der Waals surface area contributed by atoms with Gasteiger partial charge in [0, 0.05) is 24.8 Å². The first-order valence-electron chi connectivity index (χ1n) is 5.26. The van der Waals surface area contributed by atoms with Crippen LogP contribution in [0.2, 0.25) is 0 Å². The molecule has 1 aromatic rings. The Bertz CT molecular complexity index is 384. The molecule has 0 bridgehead atoms. The molecule has 1 rings (SSSR count). The minimum absolute atomic E-state index is 0.164. The van der Waals surface area contributed by atoms with E-state index in [2.05, 4.69) is 10.9 Å². The summed E-state index contributed by atoms with van der Waals surface area (Å²) in [6.45, 7) is 3.21. The Morgan fingerprint density at radius 3 is 2.94 bits per heavy atom. The molecule has 0 fully saturated rings. The standard InChI is InChI=1S/C12H16FN3/c1-3-7-16(8-4-2)12-11(13)10(9-14)5-6-15-12/h1,5-6H,4,7-9,14H2,2H3. The van der Waals surface area contributed by atoms with Gasteiger partial charge in [0.15, 0.2) is 11.6 Å². The Morgan fingerprint density at radius 1 is 1.62 bits per heavy atom. The van der Waals surface area contributed by atoms with Gasteiger partial charge in [0.1, 0.15) is 0 Å². The Kier molecular flexibility index (Phi) is 4.74. The Morgan fingerprint density at radius 2 is 2.38 bits per heavy atom. The fraction of sp³-hybridized carbons (Fsp3) is 0.417. The zero-order chi connectivity index (χ0) is 12.0. The van der Waals surface area contributed by atoms with E-state index in [0.29, 0.717) is 24.5 Å². The lowest BCUT2D eigenvalue weighted by Gasteiger charge is -2.21. The molecule has 0 aromatic carbocycles. The van der Waals surface area contributed by atoms with Crippen molar-refractivity contribution in [2.75, 3.05) is 18.0 Å². The monoisotopic (exact) mass is 221 g/mol. The smallest absolute Gasteiger partial charge is 0.170 e. The van der Waals surface area contributed by atoms with Gasteiger partial charge >= 0.3 is 0 Å². The molecule has 1 aromatic heterocycles. The number of anilines is 1. The van der Waals surface area contributed by atoms with Crippen molar-refractivity contribution in [1.29, 1.82) is 0 Å². The predicted molar refractivity (Wildman–Crippen MR) is 63.4 cm³/mol. The van der Waals surface area contributed by atoms with Crippen LogP contribution in [-0.2, 0) is 6.54 Å². The van der Waals surface area contributed by atoms with Crippen LogP contribution in [-0.4, -0.2) is 18.1 Å². The zero-order valence-corrected chi connectivity index (χ0v) is 9.41. The van der Waals surface area contributed by atoms with Gasteiger partial charge in [0.25, 0.3) is 0 Å². The summed E-state index contributed by atoms with van der Waals surface area (Å²) < 4.78 is 13.9. The van der Waals surface area contributed by atoms with E-state index in [1.54, 1.807) is 17.2 Å². The topological polar surface area (TPSA) is 42.2 Å². The van der Waals surface area contributed by atoms with Crippen LogP contribution in [0.15, 0.2) is 12.3 Å². The molecular weight excluding hydrogens is 205 g/mol. The number of hydrogen-bond donors (Lipinski definition) is 1. The third kappa shape index (κ3) is 2.71. The molecule has 0 aliphatic rings. The maximum Gasteiger partial charge on any atom is 0.170 e. The number of aromatic nitrogens is 1. The van der Waals surface area contributed by atoms with Gasteiger partial charge in [-0.25, -0.2) is 9.37 Å². The molecule has 86 valence electrons. The maximum atomic E-state index is 13.9. The first-order chi connectivity index (χ1) is 7.74. The third-order valence-electron chi connectivity index (χ3n) is 2.25. The quantitative estimate of drug-likeness (QED) is 0.767. The molecule has 0 amide bonds. The lowest BCUT2D eigenvalue weighted by molar-refractivity contribution is 0.595. The van der Waals surface area contributed by atoms with Gasteiger partial charge in [-0.1, -0.05) is 12.8 Å². The van der Waals surface area contributed by atoms with Crippen molar-refractivity contribution < 1.29 is 4.39 Å². The van der Waals surface area contributed by atoms with Gasteiger partial charge in [0.2, 0.25) is 0 Å². The molecule has 0 saturated heterocycles. The van der Waals surface area contributed by atoms with Crippen LogP contribution in [0, 0.1) is 18.2 Å². The molecule has 0 saturated carbocycles. The number of nitrogens with zero attached hydrogens (tertiary/aromatic N) is 2. The fourth-order valence-electron chi connectivity index (χ4n) is 1.49. The minimum Gasteiger partial charge on any atom is -0.343 e. The van der Waals surface area contributed by atoms with Crippen LogP contribution in [0.3, 0.4) is 0 Å². The van der Waals surface area contributed by atoms with Crippen molar-refractivity contribution >= 4 is 5.82 Å². The summed E-state index contributed by atoms with van der Waals surface area (Å²) in [6, 6.07) is 1.58. The average Bonchev–Trinajstić information content (AvgIpc) is 2.29. The summed E-state index contributed by atoms with van der Waals surface area (Å²) in [7, 11) is 0. The molecule has 0 spiro atoms. The second kappa shape index (κ2) is 6.09. The summed E-state index contributed by atoms with van der Waals surface area (Å²) in [4.78, 5) is 5.77. The summed E-state index contributed by atoms with van der Waals surface area (Å²) in [6.07, 6.45) is 7.69.